The van der Waals surface area contributed by atoms with Crippen molar-refractivity contribution >= 4 is 5.97 Å². The first-order valence-corrected chi connectivity index (χ1v) is 6.67. The van der Waals surface area contributed by atoms with Crippen LogP contribution >= 0.6 is 0 Å². The molecule has 2 rings (SSSR count). The summed E-state index contributed by atoms with van der Waals surface area (Å²) in [6.07, 6.45) is 1.46. The lowest BCUT2D eigenvalue weighted by atomic mass is 9.97. The molecule has 1 unspecified atom stereocenters. The molecule has 0 amide bonds. The van der Waals surface area contributed by atoms with E-state index in [1.54, 1.807) is 19.9 Å². The van der Waals surface area contributed by atoms with Gasteiger partial charge in [0.1, 0.15) is 11.4 Å². The van der Waals surface area contributed by atoms with Crippen LogP contribution in [0.25, 0.3) is 0 Å². The van der Waals surface area contributed by atoms with E-state index in [2.05, 4.69) is 0 Å². The Morgan fingerprint density at radius 2 is 2.21 bits per heavy atom. The number of benzene rings is 1. The largest absolute Gasteiger partial charge is 0.480 e. The van der Waals surface area contributed by atoms with E-state index in [1.807, 2.05) is 17.9 Å². The average molecular weight is 265 g/mol. The van der Waals surface area contributed by atoms with Gasteiger partial charge in [-0.1, -0.05) is 19.1 Å². The predicted octanol–water partition coefficient (Wildman–Crippen LogP) is 3.00. The number of fused-ring (bicyclic) bond motifs is 1. The zero-order valence-corrected chi connectivity index (χ0v) is 11.6. The van der Waals surface area contributed by atoms with Crippen LogP contribution in [0.15, 0.2) is 18.2 Å². The molecule has 4 heteroatoms. The van der Waals surface area contributed by atoms with Gasteiger partial charge >= 0.3 is 5.97 Å². The number of aliphatic carboxylic acids is 1. The normalized spacial score (nSPS) is 18.7. The number of carboxylic acid groups (broad SMARTS) is 1. The second-order valence-electron chi connectivity index (χ2n) is 5.51. The minimum Gasteiger partial charge on any atom is -0.480 e. The number of rotatable bonds is 4. The number of hydrogen-bond acceptors (Lipinski definition) is 2. The third-order valence-corrected chi connectivity index (χ3v) is 4.14. The summed E-state index contributed by atoms with van der Waals surface area (Å²) in [5, 5.41) is 9.39. The van der Waals surface area contributed by atoms with Crippen molar-refractivity contribution in [2.24, 2.45) is 0 Å². The van der Waals surface area contributed by atoms with Gasteiger partial charge in [0.05, 0.1) is 0 Å². The predicted molar refractivity (Wildman–Crippen MR) is 71.6 cm³/mol. The van der Waals surface area contributed by atoms with Crippen LogP contribution in [0, 0.1) is 5.82 Å². The molecule has 104 valence electrons. The Labute approximate surface area is 113 Å². The molecule has 0 fully saturated rings. The second-order valence-corrected chi connectivity index (χ2v) is 5.51. The van der Waals surface area contributed by atoms with Gasteiger partial charge < -0.3 is 5.11 Å². The van der Waals surface area contributed by atoms with E-state index in [-0.39, 0.29) is 11.9 Å². The molecule has 0 heterocycles. The maximum absolute atomic E-state index is 13.8. The van der Waals surface area contributed by atoms with Crippen LogP contribution < -0.4 is 0 Å². The average Bonchev–Trinajstić information content (AvgIpc) is 2.75. The molecule has 1 aromatic carbocycles. The number of carbonyl (C=O) groups is 1. The molecule has 0 saturated heterocycles. The minimum atomic E-state index is -0.951. The summed E-state index contributed by atoms with van der Waals surface area (Å²) in [6, 6.07) is 5.08. The molecular weight excluding hydrogens is 245 g/mol. The standard InChI is InChI=1S/C15H20FNO2/c1-4-17(15(2,3)14(18)19)13-9-8-10-11(13)6-5-7-12(10)16/h5-7,13H,4,8-9H2,1-3H3,(H,18,19). The Kier molecular flexibility index (Phi) is 3.63. The van der Waals surface area contributed by atoms with E-state index in [0.29, 0.717) is 13.0 Å². The van der Waals surface area contributed by atoms with Gasteiger partial charge in [-0.15, -0.1) is 0 Å². The highest BCUT2D eigenvalue weighted by Crippen LogP contribution is 2.40. The van der Waals surface area contributed by atoms with Gasteiger partial charge in [-0.3, -0.25) is 9.69 Å². The lowest BCUT2D eigenvalue weighted by Gasteiger charge is -2.39. The number of hydrogen-bond donors (Lipinski definition) is 1. The fraction of sp³-hybridized carbons (Fsp3) is 0.533. The van der Waals surface area contributed by atoms with Crippen LogP contribution in [0.3, 0.4) is 0 Å². The highest BCUT2D eigenvalue weighted by atomic mass is 19.1. The first kappa shape index (κ1) is 14.0. The van der Waals surface area contributed by atoms with E-state index in [4.69, 9.17) is 0 Å². The molecule has 1 aromatic rings. The molecule has 0 aliphatic heterocycles. The fourth-order valence-corrected chi connectivity index (χ4v) is 3.04. The summed E-state index contributed by atoms with van der Waals surface area (Å²) in [6.45, 7) is 5.98. The summed E-state index contributed by atoms with van der Waals surface area (Å²) in [5.74, 6) is -1.02. The van der Waals surface area contributed by atoms with Gasteiger partial charge in [0.2, 0.25) is 0 Å². The van der Waals surface area contributed by atoms with E-state index >= 15 is 0 Å². The third kappa shape index (κ3) is 2.25. The van der Waals surface area contributed by atoms with Crippen molar-refractivity contribution < 1.29 is 14.3 Å². The zero-order valence-electron chi connectivity index (χ0n) is 11.6. The van der Waals surface area contributed by atoms with Crippen molar-refractivity contribution in [2.75, 3.05) is 6.54 Å². The Morgan fingerprint density at radius 3 is 2.79 bits per heavy atom. The number of nitrogens with zero attached hydrogens (tertiary/aromatic N) is 1. The quantitative estimate of drug-likeness (QED) is 0.909. The van der Waals surface area contributed by atoms with Gasteiger partial charge in [0, 0.05) is 6.04 Å². The summed E-state index contributed by atoms with van der Waals surface area (Å²) >= 11 is 0. The maximum atomic E-state index is 13.8. The molecule has 0 aromatic heterocycles. The molecule has 3 nitrogen and oxygen atoms in total. The Balaban J connectivity index is 2.39. The Bertz CT molecular complexity index is 499. The van der Waals surface area contributed by atoms with Crippen molar-refractivity contribution in [3.63, 3.8) is 0 Å². The molecule has 1 aliphatic carbocycles. The lowest BCUT2D eigenvalue weighted by molar-refractivity contribution is -0.151. The van der Waals surface area contributed by atoms with Gasteiger partial charge in [-0.25, -0.2) is 4.39 Å². The summed E-state index contributed by atoms with van der Waals surface area (Å²) < 4.78 is 13.8. The van der Waals surface area contributed by atoms with Crippen molar-refractivity contribution in [1.29, 1.82) is 0 Å². The zero-order chi connectivity index (χ0) is 14.2. The van der Waals surface area contributed by atoms with Crippen molar-refractivity contribution in [2.45, 2.75) is 45.2 Å². The van der Waals surface area contributed by atoms with Crippen LogP contribution in [-0.2, 0) is 11.2 Å². The molecule has 19 heavy (non-hydrogen) atoms. The molecule has 1 atom stereocenters. The van der Waals surface area contributed by atoms with Gasteiger partial charge in [0.25, 0.3) is 0 Å². The number of halogens is 1. The van der Waals surface area contributed by atoms with Gasteiger partial charge in [-0.2, -0.15) is 0 Å². The fourth-order valence-electron chi connectivity index (χ4n) is 3.04. The first-order chi connectivity index (χ1) is 8.89. The van der Waals surface area contributed by atoms with Crippen molar-refractivity contribution in [3.05, 3.63) is 35.1 Å². The lowest BCUT2D eigenvalue weighted by Crippen LogP contribution is -2.51. The van der Waals surface area contributed by atoms with Crippen LogP contribution in [0.1, 0.15) is 44.4 Å². The maximum Gasteiger partial charge on any atom is 0.323 e. The summed E-state index contributed by atoms with van der Waals surface area (Å²) in [4.78, 5) is 13.4. The molecule has 0 radical (unpaired) electrons. The topological polar surface area (TPSA) is 40.5 Å². The first-order valence-electron chi connectivity index (χ1n) is 6.67. The molecular formula is C15H20FNO2. The van der Waals surface area contributed by atoms with Gasteiger partial charge in [-0.05, 0) is 50.4 Å². The van der Waals surface area contributed by atoms with E-state index in [1.165, 1.54) is 6.07 Å². The summed E-state index contributed by atoms with van der Waals surface area (Å²) in [7, 11) is 0. The number of likely N-dealkylation sites (N-methyl/N-ethyl adjacent to an activating group) is 1. The van der Waals surface area contributed by atoms with Crippen molar-refractivity contribution in [1.82, 2.24) is 4.90 Å². The molecule has 0 saturated carbocycles. The second kappa shape index (κ2) is 4.93. The van der Waals surface area contributed by atoms with E-state index < -0.39 is 11.5 Å². The van der Waals surface area contributed by atoms with E-state index in [0.717, 1.165) is 17.5 Å². The highest BCUT2D eigenvalue weighted by molar-refractivity contribution is 5.77. The Morgan fingerprint density at radius 1 is 1.53 bits per heavy atom. The molecule has 0 spiro atoms. The molecule has 0 bridgehead atoms. The minimum absolute atomic E-state index is 0.0122. The monoisotopic (exact) mass is 265 g/mol. The van der Waals surface area contributed by atoms with Crippen LogP contribution in [0.2, 0.25) is 0 Å². The van der Waals surface area contributed by atoms with E-state index in [9.17, 15) is 14.3 Å². The van der Waals surface area contributed by atoms with Gasteiger partial charge in [0.15, 0.2) is 0 Å². The van der Waals surface area contributed by atoms with Crippen LogP contribution in [0.4, 0.5) is 4.39 Å². The SMILES string of the molecule is CCN(C1CCc2c(F)cccc21)C(C)(C)C(=O)O. The highest BCUT2D eigenvalue weighted by Gasteiger charge is 2.41. The van der Waals surface area contributed by atoms with Crippen molar-refractivity contribution in [3.8, 4) is 0 Å². The number of carboxylic acids is 1. The van der Waals surface area contributed by atoms with Crippen LogP contribution in [-0.4, -0.2) is 28.1 Å². The van der Waals surface area contributed by atoms with Crippen LogP contribution in [0.5, 0.6) is 0 Å². The molecule has 1 aliphatic rings. The third-order valence-electron chi connectivity index (χ3n) is 4.14. The smallest absolute Gasteiger partial charge is 0.323 e. The molecule has 1 N–H and O–H groups in total. The summed E-state index contributed by atoms with van der Waals surface area (Å²) in [5.41, 5.74) is 0.733. The Hall–Kier alpha value is -1.42.